The predicted octanol–water partition coefficient (Wildman–Crippen LogP) is 2.51. The van der Waals surface area contributed by atoms with Crippen molar-refractivity contribution in [1.29, 1.82) is 0 Å². The molecule has 0 spiro atoms. The van der Waals surface area contributed by atoms with Gasteiger partial charge in [0.15, 0.2) is 0 Å². The third kappa shape index (κ3) is 3.07. The van der Waals surface area contributed by atoms with Gasteiger partial charge in [-0.25, -0.2) is 0 Å². The zero-order valence-electron chi connectivity index (χ0n) is 14.7. The van der Waals surface area contributed by atoms with Crippen LogP contribution in [0, 0.1) is 10.1 Å². The van der Waals surface area contributed by atoms with Crippen molar-refractivity contribution in [3.8, 4) is 0 Å². The fraction of sp³-hybridized carbons (Fsp3) is 0.111. The SMILES string of the molecule is CC1=C(C(=O)Nc2ccccc2)[C@H](c2cccc([N+](=O)[O-])c2)n2nnnc2N1. The van der Waals surface area contributed by atoms with E-state index in [1.165, 1.54) is 16.8 Å². The molecule has 0 radical (unpaired) electrons. The number of nitro groups is 1. The number of aromatic nitrogens is 4. The topological polar surface area (TPSA) is 128 Å². The van der Waals surface area contributed by atoms with Crippen molar-refractivity contribution in [2.45, 2.75) is 13.0 Å². The van der Waals surface area contributed by atoms with Crippen LogP contribution in [0.15, 0.2) is 65.9 Å². The second-order valence-electron chi connectivity index (χ2n) is 6.19. The Morgan fingerprint density at radius 1 is 1.21 bits per heavy atom. The Hall–Kier alpha value is -4.08. The molecule has 1 atom stereocenters. The maximum atomic E-state index is 13.1. The highest BCUT2D eigenvalue weighted by Crippen LogP contribution is 2.35. The lowest BCUT2D eigenvalue weighted by molar-refractivity contribution is -0.384. The van der Waals surface area contributed by atoms with Crippen LogP contribution >= 0.6 is 0 Å². The Balaban J connectivity index is 1.80. The van der Waals surface area contributed by atoms with Crippen LogP contribution in [0.2, 0.25) is 0 Å². The number of anilines is 2. The highest BCUT2D eigenvalue weighted by molar-refractivity contribution is 6.06. The van der Waals surface area contributed by atoms with E-state index >= 15 is 0 Å². The van der Waals surface area contributed by atoms with Crippen molar-refractivity contribution in [2.75, 3.05) is 10.6 Å². The first-order valence-electron chi connectivity index (χ1n) is 8.41. The van der Waals surface area contributed by atoms with Crippen molar-refractivity contribution < 1.29 is 9.72 Å². The maximum Gasteiger partial charge on any atom is 0.269 e. The molecule has 4 rings (SSSR count). The van der Waals surface area contributed by atoms with Crippen LogP contribution in [0.3, 0.4) is 0 Å². The molecular formula is C18H15N7O3. The smallest absolute Gasteiger partial charge is 0.269 e. The number of fused-ring (bicyclic) bond motifs is 1. The van der Waals surface area contributed by atoms with Crippen LogP contribution in [0.1, 0.15) is 18.5 Å². The first-order chi connectivity index (χ1) is 13.5. The normalized spacial score (nSPS) is 15.5. The lowest BCUT2D eigenvalue weighted by Crippen LogP contribution is -2.31. The van der Waals surface area contributed by atoms with Gasteiger partial charge >= 0.3 is 0 Å². The number of benzene rings is 2. The van der Waals surface area contributed by atoms with Crippen molar-refractivity contribution in [2.24, 2.45) is 0 Å². The van der Waals surface area contributed by atoms with Crippen molar-refractivity contribution in [3.05, 3.63) is 81.5 Å². The van der Waals surface area contributed by atoms with Crippen LogP contribution in [-0.2, 0) is 4.79 Å². The van der Waals surface area contributed by atoms with Gasteiger partial charge in [0.05, 0.1) is 10.5 Å². The Labute approximate surface area is 159 Å². The quantitative estimate of drug-likeness (QED) is 0.528. The molecule has 0 saturated carbocycles. The van der Waals surface area contributed by atoms with E-state index in [4.69, 9.17) is 0 Å². The second kappa shape index (κ2) is 6.91. The minimum absolute atomic E-state index is 0.0777. The van der Waals surface area contributed by atoms with Crippen LogP contribution in [0.5, 0.6) is 0 Å². The minimum Gasteiger partial charge on any atom is -0.326 e. The molecule has 28 heavy (non-hydrogen) atoms. The van der Waals surface area contributed by atoms with Crippen molar-refractivity contribution in [3.63, 3.8) is 0 Å². The van der Waals surface area contributed by atoms with E-state index in [2.05, 4.69) is 26.2 Å². The van der Waals surface area contributed by atoms with Gasteiger partial charge in [-0.2, -0.15) is 4.68 Å². The summed E-state index contributed by atoms with van der Waals surface area (Å²) in [5.41, 5.74) is 2.01. The molecule has 0 saturated heterocycles. The van der Waals surface area contributed by atoms with E-state index in [0.29, 0.717) is 28.5 Å². The molecule has 1 aliphatic rings. The fourth-order valence-corrected chi connectivity index (χ4v) is 3.14. The summed E-state index contributed by atoms with van der Waals surface area (Å²) < 4.78 is 1.44. The van der Waals surface area contributed by atoms with Crippen molar-refractivity contribution in [1.82, 2.24) is 20.2 Å². The van der Waals surface area contributed by atoms with Crippen LogP contribution < -0.4 is 10.6 Å². The number of carbonyl (C=O) groups is 1. The van der Waals surface area contributed by atoms with Gasteiger partial charge < -0.3 is 10.6 Å². The zero-order valence-corrected chi connectivity index (χ0v) is 14.7. The molecule has 0 fully saturated rings. The summed E-state index contributed by atoms with van der Waals surface area (Å²) in [5, 5.41) is 28.6. The van der Waals surface area contributed by atoms with E-state index in [-0.39, 0.29) is 11.6 Å². The number of nitrogens with one attached hydrogen (secondary N) is 2. The molecule has 10 heteroatoms. The molecule has 0 unspecified atom stereocenters. The summed E-state index contributed by atoms with van der Waals surface area (Å²) in [6.07, 6.45) is 0. The average Bonchev–Trinajstić information content (AvgIpc) is 3.15. The van der Waals surface area contributed by atoms with E-state index in [1.54, 1.807) is 31.2 Å². The third-order valence-corrected chi connectivity index (χ3v) is 4.39. The van der Waals surface area contributed by atoms with E-state index in [0.717, 1.165) is 0 Å². The molecule has 2 N–H and O–H groups in total. The number of nitrogens with zero attached hydrogens (tertiary/aromatic N) is 5. The molecule has 2 heterocycles. The Kier molecular flexibility index (Phi) is 4.28. The lowest BCUT2D eigenvalue weighted by atomic mass is 9.94. The van der Waals surface area contributed by atoms with Gasteiger partial charge in [-0.15, -0.1) is 0 Å². The monoisotopic (exact) mass is 377 g/mol. The molecule has 0 bridgehead atoms. The molecule has 2 aromatic carbocycles. The fourth-order valence-electron chi connectivity index (χ4n) is 3.14. The molecule has 1 amide bonds. The summed E-state index contributed by atoms with van der Waals surface area (Å²) in [7, 11) is 0. The number of carbonyl (C=O) groups excluding carboxylic acids is 1. The van der Waals surface area contributed by atoms with Gasteiger partial charge in [-0.05, 0) is 35.0 Å². The maximum absolute atomic E-state index is 13.1. The zero-order chi connectivity index (χ0) is 19.7. The largest absolute Gasteiger partial charge is 0.326 e. The first kappa shape index (κ1) is 17.3. The molecule has 3 aromatic rings. The minimum atomic E-state index is -0.713. The average molecular weight is 377 g/mol. The number of hydrogen-bond acceptors (Lipinski definition) is 7. The molecular weight excluding hydrogens is 362 g/mol. The van der Waals surface area contributed by atoms with Crippen LogP contribution in [0.4, 0.5) is 17.3 Å². The number of nitro benzene ring substituents is 1. The van der Waals surface area contributed by atoms with Gasteiger partial charge in [0.2, 0.25) is 5.95 Å². The summed E-state index contributed by atoms with van der Waals surface area (Å²) in [5.74, 6) is -0.000812. The van der Waals surface area contributed by atoms with Gasteiger partial charge in [0.25, 0.3) is 11.6 Å². The van der Waals surface area contributed by atoms with Gasteiger partial charge in [-0.3, -0.25) is 14.9 Å². The number of amides is 1. The standard InChI is InChI=1S/C18H15N7O3/c1-11-15(17(26)20-13-7-3-2-4-8-13)16(24-18(19-11)21-22-23-24)12-6-5-9-14(10-12)25(27)28/h2-10,16H,1H3,(H,20,26)(H,19,21,23)/t16-/m0/s1. The van der Waals surface area contributed by atoms with Crippen LogP contribution in [-0.4, -0.2) is 31.0 Å². The number of non-ortho nitro benzene ring substituents is 1. The third-order valence-electron chi connectivity index (χ3n) is 4.39. The molecule has 0 aliphatic carbocycles. The highest BCUT2D eigenvalue weighted by atomic mass is 16.6. The van der Waals surface area contributed by atoms with E-state index < -0.39 is 11.0 Å². The summed E-state index contributed by atoms with van der Waals surface area (Å²) in [6.45, 7) is 1.74. The number of rotatable bonds is 4. The summed E-state index contributed by atoms with van der Waals surface area (Å²) in [6, 6.07) is 14.4. The number of hydrogen-bond donors (Lipinski definition) is 2. The predicted molar refractivity (Wildman–Crippen MR) is 100 cm³/mol. The number of para-hydroxylation sites is 1. The Morgan fingerprint density at radius 2 is 2.00 bits per heavy atom. The molecule has 1 aliphatic heterocycles. The van der Waals surface area contributed by atoms with Gasteiger partial charge in [0, 0.05) is 23.5 Å². The summed E-state index contributed by atoms with van der Waals surface area (Å²) in [4.78, 5) is 23.8. The van der Waals surface area contributed by atoms with Gasteiger partial charge in [0.1, 0.15) is 6.04 Å². The number of tetrazole rings is 1. The van der Waals surface area contributed by atoms with E-state index in [9.17, 15) is 14.9 Å². The second-order valence-corrected chi connectivity index (χ2v) is 6.19. The molecule has 1 aromatic heterocycles. The Morgan fingerprint density at radius 3 is 2.75 bits per heavy atom. The summed E-state index contributed by atoms with van der Waals surface area (Å²) >= 11 is 0. The number of allylic oxidation sites excluding steroid dienone is 1. The van der Waals surface area contributed by atoms with E-state index in [1.807, 2.05) is 18.2 Å². The van der Waals surface area contributed by atoms with Crippen molar-refractivity contribution >= 4 is 23.2 Å². The lowest BCUT2D eigenvalue weighted by Gasteiger charge is -2.27. The first-order valence-corrected chi connectivity index (χ1v) is 8.41. The highest BCUT2D eigenvalue weighted by Gasteiger charge is 2.34. The van der Waals surface area contributed by atoms with Gasteiger partial charge in [-0.1, -0.05) is 35.4 Å². The Bertz CT molecular complexity index is 1090. The molecule has 10 nitrogen and oxygen atoms in total. The van der Waals surface area contributed by atoms with Crippen LogP contribution in [0.25, 0.3) is 0 Å². The molecule has 140 valence electrons.